The molecule has 2 aromatic carbocycles. The summed E-state index contributed by atoms with van der Waals surface area (Å²) < 4.78 is 39.5. The molecule has 3 nitrogen and oxygen atoms in total. The summed E-state index contributed by atoms with van der Waals surface area (Å²) in [5.74, 6) is -4.95. The number of aliphatic hydroxyl groups excluding tert-OH is 1. The van der Waals surface area contributed by atoms with Gasteiger partial charge in [0.05, 0.1) is 11.1 Å². The van der Waals surface area contributed by atoms with E-state index in [0.29, 0.717) is 28.5 Å². The molecule has 0 aliphatic heterocycles. The summed E-state index contributed by atoms with van der Waals surface area (Å²) in [5, 5.41) is 12.6. The smallest absolute Gasteiger partial charge is 0.255 e. The van der Waals surface area contributed by atoms with Crippen molar-refractivity contribution in [3.63, 3.8) is 0 Å². The van der Waals surface area contributed by atoms with Gasteiger partial charge in [-0.2, -0.15) is 0 Å². The Hall–Kier alpha value is -1.70. The predicted octanol–water partition coefficient (Wildman–Crippen LogP) is 5.02. The molecule has 1 saturated carbocycles. The third-order valence-corrected chi connectivity index (χ3v) is 5.88. The molecule has 0 saturated heterocycles. The summed E-state index contributed by atoms with van der Waals surface area (Å²) in [7, 11) is 0. The second-order valence-electron chi connectivity index (χ2n) is 6.06. The molecule has 1 aliphatic carbocycles. The van der Waals surface area contributed by atoms with E-state index in [1.807, 2.05) is 0 Å². The molecule has 0 radical (unpaired) electrons. The van der Waals surface area contributed by atoms with Gasteiger partial charge in [0.1, 0.15) is 0 Å². The van der Waals surface area contributed by atoms with E-state index in [9.17, 15) is 23.1 Å². The highest BCUT2D eigenvalue weighted by Gasteiger charge is 2.24. The summed E-state index contributed by atoms with van der Waals surface area (Å²) in [4.78, 5) is 13.0. The first-order valence-corrected chi connectivity index (χ1v) is 9.19. The van der Waals surface area contributed by atoms with Gasteiger partial charge in [0.15, 0.2) is 17.5 Å². The molecule has 2 aromatic rings. The maximum absolute atomic E-state index is 13.3. The molecule has 2 N–H and O–H groups in total. The Morgan fingerprint density at radius 1 is 1.15 bits per heavy atom. The molecule has 0 aromatic heterocycles. The number of anilines is 1. The number of nitrogens with one attached hydrogen (secondary N) is 1. The SMILES string of the molecule is O=C(Nc1cc(F)c(F)c(F)c1)c1ccc(Cl)c(SC2CCC(O)C2)c1. The van der Waals surface area contributed by atoms with Crippen molar-refractivity contribution in [3.05, 3.63) is 58.4 Å². The lowest BCUT2D eigenvalue weighted by Crippen LogP contribution is -2.13. The molecular weight excluding hydrogens is 387 g/mol. The summed E-state index contributed by atoms with van der Waals surface area (Å²) in [6.45, 7) is 0. The zero-order chi connectivity index (χ0) is 18.8. The van der Waals surface area contributed by atoms with Gasteiger partial charge in [0, 0.05) is 33.5 Å². The number of thioether (sulfide) groups is 1. The second-order valence-corrected chi connectivity index (χ2v) is 7.81. The van der Waals surface area contributed by atoms with Gasteiger partial charge in [0.2, 0.25) is 0 Å². The van der Waals surface area contributed by atoms with E-state index in [-0.39, 0.29) is 22.6 Å². The fourth-order valence-electron chi connectivity index (χ4n) is 2.77. The number of carbonyl (C=O) groups excluding carboxylic acids is 1. The lowest BCUT2D eigenvalue weighted by molar-refractivity contribution is 0.102. The van der Waals surface area contributed by atoms with E-state index in [1.54, 1.807) is 12.1 Å². The van der Waals surface area contributed by atoms with Gasteiger partial charge in [0.25, 0.3) is 5.91 Å². The van der Waals surface area contributed by atoms with E-state index in [2.05, 4.69) is 5.32 Å². The first kappa shape index (κ1) is 19.1. The Kier molecular flexibility index (Phi) is 5.79. The number of hydrogen-bond acceptors (Lipinski definition) is 3. The van der Waals surface area contributed by atoms with Crippen molar-refractivity contribution in [1.29, 1.82) is 0 Å². The summed E-state index contributed by atoms with van der Waals surface area (Å²) in [5.41, 5.74) is 0.0649. The fourth-order valence-corrected chi connectivity index (χ4v) is 4.33. The standard InChI is InChI=1S/C18H15ClF3NO2S/c19-13-4-1-9(5-16(13)26-12-3-2-11(24)8-12)18(25)23-10-6-14(20)17(22)15(21)7-10/h1,4-7,11-12,24H,2-3,8H2,(H,23,25). The van der Waals surface area contributed by atoms with E-state index in [1.165, 1.54) is 17.8 Å². The highest BCUT2D eigenvalue weighted by atomic mass is 35.5. The minimum Gasteiger partial charge on any atom is -0.393 e. The van der Waals surface area contributed by atoms with Crippen LogP contribution in [0.2, 0.25) is 5.02 Å². The molecule has 8 heteroatoms. The quantitative estimate of drug-likeness (QED) is 0.707. The van der Waals surface area contributed by atoms with Crippen molar-refractivity contribution in [2.75, 3.05) is 5.32 Å². The fraction of sp³-hybridized carbons (Fsp3) is 0.278. The molecule has 138 valence electrons. The van der Waals surface area contributed by atoms with Gasteiger partial charge >= 0.3 is 0 Å². The summed E-state index contributed by atoms with van der Waals surface area (Å²) in [6, 6.07) is 6.06. The summed E-state index contributed by atoms with van der Waals surface area (Å²) >= 11 is 7.66. The minimum atomic E-state index is -1.59. The van der Waals surface area contributed by atoms with Crippen LogP contribution in [0.3, 0.4) is 0 Å². The Bertz CT molecular complexity index is 826. The molecule has 0 bridgehead atoms. The first-order chi connectivity index (χ1) is 12.3. The van der Waals surface area contributed by atoms with Gasteiger partial charge in [-0.05, 0) is 37.5 Å². The van der Waals surface area contributed by atoms with Crippen LogP contribution in [0.5, 0.6) is 0 Å². The normalized spacial score (nSPS) is 19.6. The molecule has 1 aliphatic rings. The number of rotatable bonds is 4. The second kappa shape index (κ2) is 7.90. The summed E-state index contributed by atoms with van der Waals surface area (Å²) in [6.07, 6.45) is 1.93. The Morgan fingerprint density at radius 3 is 2.46 bits per heavy atom. The van der Waals surface area contributed by atoms with Gasteiger partial charge in [-0.15, -0.1) is 11.8 Å². The minimum absolute atomic E-state index is 0.186. The highest BCUT2D eigenvalue weighted by Crippen LogP contribution is 2.38. The lowest BCUT2D eigenvalue weighted by Gasteiger charge is -2.12. The van der Waals surface area contributed by atoms with Gasteiger partial charge in [-0.3, -0.25) is 4.79 Å². The van der Waals surface area contributed by atoms with Crippen LogP contribution in [0, 0.1) is 17.5 Å². The van der Waals surface area contributed by atoms with E-state index in [4.69, 9.17) is 11.6 Å². The Morgan fingerprint density at radius 2 is 1.85 bits per heavy atom. The maximum atomic E-state index is 13.3. The van der Waals surface area contributed by atoms with E-state index >= 15 is 0 Å². The van der Waals surface area contributed by atoms with Crippen molar-refractivity contribution in [3.8, 4) is 0 Å². The third kappa shape index (κ3) is 4.34. The topological polar surface area (TPSA) is 49.3 Å². The van der Waals surface area contributed by atoms with Crippen LogP contribution in [0.15, 0.2) is 35.2 Å². The van der Waals surface area contributed by atoms with Crippen LogP contribution in [0.1, 0.15) is 29.6 Å². The van der Waals surface area contributed by atoms with Gasteiger partial charge in [-0.1, -0.05) is 11.6 Å². The molecule has 1 amide bonds. The highest BCUT2D eigenvalue weighted by molar-refractivity contribution is 8.00. The van der Waals surface area contributed by atoms with Crippen molar-refractivity contribution < 1.29 is 23.1 Å². The number of carbonyl (C=O) groups is 1. The Labute approximate surface area is 157 Å². The molecule has 26 heavy (non-hydrogen) atoms. The van der Waals surface area contributed by atoms with Gasteiger partial charge < -0.3 is 10.4 Å². The van der Waals surface area contributed by atoms with Crippen LogP contribution in [-0.4, -0.2) is 22.4 Å². The first-order valence-electron chi connectivity index (χ1n) is 7.93. The third-order valence-electron chi connectivity index (χ3n) is 4.09. The van der Waals surface area contributed by atoms with Crippen molar-refractivity contribution in [1.82, 2.24) is 0 Å². The van der Waals surface area contributed by atoms with E-state index in [0.717, 1.165) is 12.8 Å². The molecule has 2 atom stereocenters. The average molecular weight is 402 g/mol. The number of hydrogen-bond donors (Lipinski definition) is 2. The average Bonchev–Trinajstić information content (AvgIpc) is 2.99. The van der Waals surface area contributed by atoms with E-state index < -0.39 is 23.4 Å². The maximum Gasteiger partial charge on any atom is 0.255 e. The molecule has 0 heterocycles. The number of amides is 1. The monoisotopic (exact) mass is 401 g/mol. The van der Waals surface area contributed by atoms with Crippen LogP contribution in [-0.2, 0) is 0 Å². The Balaban J connectivity index is 1.76. The zero-order valence-corrected chi connectivity index (χ0v) is 15.0. The molecule has 1 fully saturated rings. The molecular formula is C18H15ClF3NO2S. The number of aliphatic hydroxyl groups is 1. The van der Waals surface area contributed by atoms with Crippen molar-refractivity contribution >= 4 is 35.0 Å². The largest absolute Gasteiger partial charge is 0.393 e. The van der Waals surface area contributed by atoms with Crippen molar-refractivity contribution in [2.45, 2.75) is 35.5 Å². The predicted molar refractivity (Wildman–Crippen MR) is 95.2 cm³/mol. The van der Waals surface area contributed by atoms with Crippen LogP contribution in [0.25, 0.3) is 0 Å². The molecule has 0 spiro atoms. The zero-order valence-electron chi connectivity index (χ0n) is 13.4. The van der Waals surface area contributed by atoms with Gasteiger partial charge in [-0.25, -0.2) is 13.2 Å². The molecule has 3 rings (SSSR count). The number of halogens is 4. The lowest BCUT2D eigenvalue weighted by atomic mass is 10.2. The van der Waals surface area contributed by atoms with Crippen LogP contribution in [0.4, 0.5) is 18.9 Å². The van der Waals surface area contributed by atoms with Crippen molar-refractivity contribution in [2.24, 2.45) is 0 Å². The molecule has 2 unspecified atom stereocenters. The van der Waals surface area contributed by atoms with Crippen LogP contribution < -0.4 is 5.32 Å². The van der Waals surface area contributed by atoms with Crippen LogP contribution >= 0.6 is 23.4 Å². The number of benzene rings is 2.